The van der Waals surface area contributed by atoms with E-state index in [9.17, 15) is 30.3 Å². The zero-order valence-corrected chi connectivity index (χ0v) is 49.5. The zero-order valence-electron chi connectivity index (χ0n) is 47.4. The Kier molecular flexibility index (Phi) is 22.3. The molecule has 0 saturated carbocycles. The first-order chi connectivity index (χ1) is 35.8. The number of esters is 1. The Balaban J connectivity index is 1.15. The first kappa shape index (κ1) is 62.4. The van der Waals surface area contributed by atoms with Crippen molar-refractivity contribution in [2.24, 2.45) is 17.8 Å². The van der Waals surface area contributed by atoms with Crippen molar-refractivity contribution in [2.75, 3.05) is 34.3 Å². The van der Waals surface area contributed by atoms with Crippen LogP contribution in [0.15, 0.2) is 36.7 Å². The van der Waals surface area contributed by atoms with Crippen LogP contribution in [-0.2, 0) is 59.0 Å². The second-order valence-corrected chi connectivity index (χ2v) is 24.3. The monoisotopic (exact) mass is 1180 g/mol. The largest absolute Gasteiger partial charge is 0.448 e. The van der Waals surface area contributed by atoms with Gasteiger partial charge < -0.3 is 63.8 Å². The van der Waals surface area contributed by atoms with E-state index >= 15 is 0 Å². The summed E-state index contributed by atoms with van der Waals surface area (Å²) in [7, 11) is 5.30. The van der Waals surface area contributed by atoms with Crippen LogP contribution in [0.4, 0.5) is 0 Å². The summed E-state index contributed by atoms with van der Waals surface area (Å²) in [5.41, 5.74) is -0.418. The number of aryl methyl sites for hydroxylation is 3. The van der Waals surface area contributed by atoms with Crippen LogP contribution < -0.4 is 0 Å². The van der Waals surface area contributed by atoms with Crippen molar-refractivity contribution >= 4 is 28.6 Å². The van der Waals surface area contributed by atoms with Crippen molar-refractivity contribution in [3.63, 3.8) is 0 Å². The minimum Gasteiger partial charge on any atom is -0.448 e. The third-order valence-corrected chi connectivity index (χ3v) is 18.0. The fraction of sp³-hybridized carbons (Fsp3) is 0.800. The molecule has 5 N–H and O–H groups in total. The van der Waals surface area contributed by atoms with Crippen LogP contribution in [0.5, 0.6) is 0 Å². The van der Waals surface area contributed by atoms with Gasteiger partial charge in [0.15, 0.2) is 16.7 Å². The van der Waals surface area contributed by atoms with E-state index in [0.29, 0.717) is 25.9 Å². The van der Waals surface area contributed by atoms with E-state index in [0.717, 1.165) is 62.1 Å². The summed E-state index contributed by atoms with van der Waals surface area (Å²) in [5.74, 6) is -2.78. The van der Waals surface area contributed by atoms with Crippen LogP contribution in [0.25, 0.3) is 5.69 Å². The maximum atomic E-state index is 14.4. The third-order valence-electron chi connectivity index (χ3n) is 16.4. The predicted octanol–water partition coefficient (Wildman–Crippen LogP) is 5.03. The fourth-order valence-corrected chi connectivity index (χ4v) is 12.0. The number of nitrogens with zero attached hydrogens (tertiary/aromatic N) is 8. The van der Waals surface area contributed by atoms with Crippen LogP contribution in [0, 0.1) is 17.8 Å². The van der Waals surface area contributed by atoms with Crippen molar-refractivity contribution in [2.45, 2.75) is 228 Å². The summed E-state index contributed by atoms with van der Waals surface area (Å²) in [4.78, 5) is 18.4. The van der Waals surface area contributed by atoms with Crippen molar-refractivity contribution in [1.82, 2.24) is 39.8 Å². The summed E-state index contributed by atoms with van der Waals surface area (Å²) in [5, 5.41) is 76.9. The van der Waals surface area contributed by atoms with Gasteiger partial charge in [-0.1, -0.05) is 49.8 Å². The van der Waals surface area contributed by atoms with E-state index in [4.69, 9.17) is 28.4 Å². The first-order valence-corrected chi connectivity index (χ1v) is 28.8. The van der Waals surface area contributed by atoms with E-state index < -0.39 is 100 Å². The number of likely N-dealkylation sites (N-methyl/N-ethyl adjacent to an activating group) is 2. The summed E-state index contributed by atoms with van der Waals surface area (Å²) in [6.07, 6.45) is 2.58. The van der Waals surface area contributed by atoms with Gasteiger partial charge in [-0.2, -0.15) is 0 Å². The highest BCUT2D eigenvalue weighted by Crippen LogP contribution is 2.40. The number of carbonyl (C=O) groups is 1. The number of ether oxygens (including phenoxy) is 6. The van der Waals surface area contributed by atoms with Gasteiger partial charge in [0.2, 0.25) is 0 Å². The van der Waals surface area contributed by atoms with Gasteiger partial charge in [0.1, 0.15) is 23.9 Å². The van der Waals surface area contributed by atoms with Crippen molar-refractivity contribution in [3.8, 4) is 5.69 Å². The highest BCUT2D eigenvalue weighted by atomic mass is 127. The lowest BCUT2D eigenvalue weighted by molar-refractivity contribution is -0.318. The summed E-state index contributed by atoms with van der Waals surface area (Å²) >= 11 is 1.84. The number of hydrogen-bond acceptors (Lipinski definition) is 18. The molecule has 430 valence electrons. The van der Waals surface area contributed by atoms with E-state index in [1.165, 1.54) is 19.6 Å². The lowest BCUT2D eigenvalue weighted by Gasteiger charge is -2.49. The average Bonchev–Trinajstić information content (AvgIpc) is 4.05. The molecule has 3 fully saturated rings. The minimum atomic E-state index is -1.85. The highest BCUT2D eigenvalue weighted by Gasteiger charge is 2.53. The molecule has 76 heavy (non-hydrogen) atoms. The molecule has 2 aromatic heterocycles. The highest BCUT2D eigenvalue weighted by molar-refractivity contribution is 14.1. The Morgan fingerprint density at radius 1 is 0.868 bits per heavy atom. The van der Waals surface area contributed by atoms with Gasteiger partial charge in [0.25, 0.3) is 0 Å². The lowest BCUT2D eigenvalue weighted by Crippen LogP contribution is -2.60. The van der Waals surface area contributed by atoms with Crippen molar-refractivity contribution in [3.05, 3.63) is 53.6 Å². The van der Waals surface area contributed by atoms with Crippen LogP contribution in [-0.4, -0.2) is 194 Å². The molecule has 0 aliphatic carbocycles. The molecule has 0 radical (unpaired) electrons. The van der Waals surface area contributed by atoms with Gasteiger partial charge in [-0.15, -0.1) is 10.2 Å². The number of hydrogen-bond donors (Lipinski definition) is 5. The Morgan fingerprint density at radius 2 is 1.55 bits per heavy atom. The lowest BCUT2D eigenvalue weighted by atomic mass is 9.77. The second-order valence-electron chi connectivity index (χ2n) is 23.2. The van der Waals surface area contributed by atoms with Gasteiger partial charge in [0.05, 0.1) is 64.8 Å². The number of benzene rings is 1. The molecule has 20 nitrogen and oxygen atoms in total. The Labute approximate surface area is 464 Å². The Morgan fingerprint density at radius 3 is 2.24 bits per heavy atom. The van der Waals surface area contributed by atoms with E-state index in [2.05, 4.69) is 56.7 Å². The molecule has 1 aromatic carbocycles. The first-order valence-electron chi connectivity index (χ1n) is 27.6. The molecule has 3 aliphatic heterocycles. The summed E-state index contributed by atoms with van der Waals surface area (Å²) in [6, 6.07) is 7.51. The zero-order chi connectivity index (χ0) is 55.9. The smallest absolute Gasteiger partial charge is 0.312 e. The number of aliphatic hydroxyl groups is 5. The number of carbonyl (C=O) groups excluding carboxylic acids is 1. The maximum absolute atomic E-state index is 14.4. The van der Waals surface area contributed by atoms with Gasteiger partial charge in [-0.05, 0) is 154 Å². The molecule has 0 spiro atoms. The topological polar surface area (TPSA) is 241 Å². The molecule has 0 unspecified atom stereocenters. The number of cyclic esters (lactones) is 1. The quantitative estimate of drug-likeness (QED) is 0.0485. The van der Waals surface area contributed by atoms with Crippen LogP contribution in [0.3, 0.4) is 0 Å². The number of alkyl halides is 1. The van der Waals surface area contributed by atoms with Crippen LogP contribution in [0.1, 0.15) is 131 Å². The number of aliphatic hydroxyl groups excluding tert-OH is 3. The van der Waals surface area contributed by atoms with Gasteiger partial charge >= 0.3 is 5.97 Å². The molecular formula is C55H91IN8O12. The average molecular weight is 1180 g/mol. The summed E-state index contributed by atoms with van der Waals surface area (Å²) < 4.78 is 40.7. The number of unbranched alkanes of at least 4 members (excludes halogenated alkanes) is 2. The van der Waals surface area contributed by atoms with Crippen LogP contribution >= 0.6 is 22.6 Å². The van der Waals surface area contributed by atoms with Crippen LogP contribution in [0.2, 0.25) is 0 Å². The second kappa shape index (κ2) is 27.1. The minimum absolute atomic E-state index is 0.105. The number of methoxy groups -OCH3 is 1. The van der Waals surface area contributed by atoms with E-state index in [1.54, 1.807) is 34.6 Å². The molecule has 18 atom stereocenters. The third kappa shape index (κ3) is 15.6. The SMILES string of the molecule is CCCCc1cn(-c2ccc(CCCCn3cc(CCN(C)[C@H]4C[C@@H](C)O[C@@H](O[C@@H]5[C@@H](C)[C@H](O[C@H]6C[C@@](C)(OC)[C@@H](O)[C@H](C)O6)[C@@H](C)C(=O)O[C@H](I)[C@@](C)(O)[C@H](O)[C@@H](C)N(C)C[C@H](C)C[C@@]5(C)O)[C@@H]4O)nn3)cc2)nn1. The van der Waals surface area contributed by atoms with Gasteiger partial charge in [0, 0.05) is 63.8 Å². The molecule has 5 heterocycles. The molecule has 0 amide bonds. The predicted molar refractivity (Wildman–Crippen MR) is 293 cm³/mol. The Hall–Kier alpha value is -2.78. The fourth-order valence-electron chi connectivity index (χ4n) is 11.4. The van der Waals surface area contributed by atoms with Crippen molar-refractivity contribution in [1.29, 1.82) is 0 Å². The number of rotatable bonds is 18. The normalized spacial score (nSPS) is 37.7. The summed E-state index contributed by atoms with van der Waals surface area (Å²) in [6.45, 7) is 19.7. The van der Waals surface area contributed by atoms with Gasteiger partial charge in [-0.25, -0.2) is 4.68 Å². The number of aromatic nitrogens is 6. The molecular weight excluding hydrogens is 1090 g/mol. The van der Waals surface area contributed by atoms with Gasteiger partial charge in [-0.3, -0.25) is 9.48 Å². The van der Waals surface area contributed by atoms with E-state index in [-0.39, 0.29) is 24.9 Å². The van der Waals surface area contributed by atoms with Crippen molar-refractivity contribution < 1.29 is 58.7 Å². The molecule has 6 rings (SSSR count). The molecule has 21 heteroatoms. The Bertz CT molecular complexity index is 2250. The molecule has 3 aromatic rings. The number of halogens is 1. The molecule has 0 bridgehead atoms. The van der Waals surface area contributed by atoms with E-state index in [1.807, 2.05) is 84.1 Å². The molecule has 3 aliphatic rings. The maximum Gasteiger partial charge on any atom is 0.312 e. The standard InChI is InChI=1S/C55H91IN8O12/c1-14-15-19-40-32-64(60-58-40)42-22-20-39(21-23-42)18-16-17-25-63-31-41(57-59-63)24-26-61(11)43-27-34(3)72-51(45(43)65)75-49-35(4)46(74-44-29-54(9,71-13)48(67)38(7)73-44)36(5)50(68)76-52(56)55(10,70)47(66)37(6)62(12)30-33(2)28-53(49,8)69/h20-23,31-38,43-49,51-52,65-67,69-70H,14-19,24-30H2,1-13H3/t33-,34-,35+,36-,37-,38+,43+,44+,45-,46+,47-,48+,49-,51+,52+,53-,54-,55+/m1/s1. The molecule has 3 saturated heterocycles.